The molecule has 0 aliphatic heterocycles. The van der Waals surface area contributed by atoms with Gasteiger partial charge in [-0.2, -0.15) is 0 Å². The van der Waals surface area contributed by atoms with E-state index in [1.165, 1.54) is 18.2 Å². The van der Waals surface area contributed by atoms with Gasteiger partial charge in [-0.15, -0.1) is 0 Å². The maximum atomic E-state index is 14.2. The largest absolute Gasteiger partial charge is 0.225 e. The third-order valence-corrected chi connectivity index (χ3v) is 4.07. The Morgan fingerprint density at radius 1 is 1.10 bits per heavy atom. The van der Waals surface area contributed by atoms with Crippen molar-refractivity contribution in [1.29, 1.82) is 0 Å². The zero-order valence-corrected chi connectivity index (χ0v) is 13.1. The minimum absolute atomic E-state index is 0.0558. The van der Waals surface area contributed by atoms with Gasteiger partial charge in [0.25, 0.3) is 0 Å². The van der Waals surface area contributed by atoms with E-state index in [1.807, 2.05) is 0 Å². The number of fused-ring (bicyclic) bond motifs is 1. The first-order valence-corrected chi connectivity index (χ1v) is 7.23. The van der Waals surface area contributed by atoms with Gasteiger partial charge in [-0.1, -0.05) is 23.7 Å². The van der Waals surface area contributed by atoms with Crippen LogP contribution in [0.2, 0.25) is 5.15 Å². The summed E-state index contributed by atoms with van der Waals surface area (Å²) in [5, 5.41) is 0.441. The normalized spacial score (nSPS) is 11.1. The van der Waals surface area contributed by atoms with Crippen molar-refractivity contribution in [2.75, 3.05) is 0 Å². The molecule has 0 fully saturated rings. The maximum Gasteiger partial charge on any atom is 0.164 e. The molecule has 0 N–H and O–H groups in total. The average molecular weight is 370 g/mol. The lowest BCUT2D eigenvalue weighted by molar-refractivity contribution is 0.620. The lowest BCUT2D eigenvalue weighted by atomic mass is 10.1. The molecule has 0 unspecified atom stereocenters. The van der Waals surface area contributed by atoms with Gasteiger partial charge >= 0.3 is 0 Å². The van der Waals surface area contributed by atoms with Crippen LogP contribution in [0.5, 0.6) is 0 Å². The van der Waals surface area contributed by atoms with Gasteiger partial charge in [0.1, 0.15) is 22.3 Å². The fraction of sp³-hybridized carbons (Fsp3) is 0.0667. The summed E-state index contributed by atoms with van der Waals surface area (Å²) in [5.74, 6) is -0.916. The van der Waals surface area contributed by atoms with Gasteiger partial charge < -0.3 is 0 Å². The average Bonchev–Trinajstić information content (AvgIpc) is 2.45. The Balaban J connectivity index is 2.36. The van der Waals surface area contributed by atoms with Gasteiger partial charge in [0.05, 0.1) is 10.9 Å². The Morgan fingerprint density at radius 2 is 1.86 bits per heavy atom. The minimum atomic E-state index is -0.535. The van der Waals surface area contributed by atoms with Crippen molar-refractivity contribution in [3.63, 3.8) is 0 Å². The fourth-order valence-electron chi connectivity index (χ4n) is 2.07. The van der Waals surface area contributed by atoms with Crippen LogP contribution in [0.15, 0.2) is 34.8 Å². The summed E-state index contributed by atoms with van der Waals surface area (Å²) in [5.41, 5.74) is 0.709. The van der Waals surface area contributed by atoms with Crippen LogP contribution in [0.25, 0.3) is 22.3 Å². The topological polar surface area (TPSA) is 25.8 Å². The van der Waals surface area contributed by atoms with Crippen LogP contribution in [-0.4, -0.2) is 9.97 Å². The molecule has 106 valence electrons. The van der Waals surface area contributed by atoms with Gasteiger partial charge in [0.15, 0.2) is 5.82 Å². The molecule has 2 nitrogen and oxygen atoms in total. The molecule has 2 aromatic carbocycles. The van der Waals surface area contributed by atoms with E-state index < -0.39 is 11.6 Å². The van der Waals surface area contributed by atoms with Gasteiger partial charge in [0, 0.05) is 4.47 Å². The highest BCUT2D eigenvalue weighted by molar-refractivity contribution is 9.10. The number of benzene rings is 2. The van der Waals surface area contributed by atoms with Gasteiger partial charge in [-0.3, -0.25) is 0 Å². The summed E-state index contributed by atoms with van der Waals surface area (Å²) in [6.45, 7) is 1.64. The molecule has 0 saturated carbocycles. The monoisotopic (exact) mass is 368 g/mol. The summed E-state index contributed by atoms with van der Waals surface area (Å²) in [6.07, 6.45) is 0. The standard InChI is InChI=1S/C15H8BrClF2N2/c1-7-3-2-4-8(12(7)19)15-20-13-10(18)6-5-9(16)11(13)14(17)21-15/h2-6H,1H3. The van der Waals surface area contributed by atoms with Gasteiger partial charge in [0.2, 0.25) is 0 Å². The molecule has 0 radical (unpaired) electrons. The minimum Gasteiger partial charge on any atom is -0.225 e. The fourth-order valence-corrected chi connectivity index (χ4v) is 2.96. The van der Waals surface area contributed by atoms with Crippen molar-refractivity contribution in [2.45, 2.75) is 6.92 Å². The quantitative estimate of drug-likeness (QED) is 0.544. The number of aromatic nitrogens is 2. The lowest BCUT2D eigenvalue weighted by Gasteiger charge is -2.08. The Morgan fingerprint density at radius 3 is 2.62 bits per heavy atom. The maximum absolute atomic E-state index is 14.2. The third-order valence-electron chi connectivity index (χ3n) is 3.14. The summed E-state index contributed by atoms with van der Waals surface area (Å²) in [6, 6.07) is 7.66. The number of hydrogen-bond donors (Lipinski definition) is 0. The molecule has 1 aromatic heterocycles. The van der Waals surface area contributed by atoms with Crippen molar-refractivity contribution < 1.29 is 8.78 Å². The third kappa shape index (κ3) is 2.40. The van der Waals surface area contributed by atoms with E-state index >= 15 is 0 Å². The van der Waals surface area contributed by atoms with E-state index in [-0.39, 0.29) is 22.1 Å². The molecule has 6 heteroatoms. The predicted molar refractivity (Wildman–Crippen MR) is 82.3 cm³/mol. The van der Waals surface area contributed by atoms with Crippen molar-refractivity contribution in [1.82, 2.24) is 9.97 Å². The molecule has 0 bridgehead atoms. The Bertz CT molecular complexity index is 868. The Kier molecular flexibility index (Phi) is 3.63. The van der Waals surface area contributed by atoms with Crippen molar-refractivity contribution in [3.8, 4) is 11.4 Å². The number of nitrogens with zero attached hydrogens (tertiary/aromatic N) is 2. The van der Waals surface area contributed by atoms with E-state index in [9.17, 15) is 8.78 Å². The van der Waals surface area contributed by atoms with Crippen LogP contribution in [0, 0.1) is 18.6 Å². The highest BCUT2D eigenvalue weighted by atomic mass is 79.9. The van der Waals surface area contributed by atoms with Gasteiger partial charge in [-0.25, -0.2) is 18.7 Å². The van der Waals surface area contributed by atoms with Crippen LogP contribution < -0.4 is 0 Å². The molecule has 3 aromatic rings. The molecule has 0 aliphatic rings. The molecule has 0 spiro atoms. The molecule has 0 aliphatic carbocycles. The van der Waals surface area contributed by atoms with E-state index in [1.54, 1.807) is 19.1 Å². The molecule has 1 heterocycles. The van der Waals surface area contributed by atoms with E-state index in [0.29, 0.717) is 15.4 Å². The first-order valence-electron chi connectivity index (χ1n) is 6.06. The van der Waals surface area contributed by atoms with Gasteiger partial charge in [-0.05, 0) is 46.6 Å². The van der Waals surface area contributed by atoms with Crippen molar-refractivity contribution in [3.05, 3.63) is 57.2 Å². The second-order valence-corrected chi connectivity index (χ2v) is 5.74. The highest BCUT2D eigenvalue weighted by Crippen LogP contribution is 2.32. The van der Waals surface area contributed by atoms with Crippen molar-refractivity contribution >= 4 is 38.4 Å². The van der Waals surface area contributed by atoms with Crippen LogP contribution in [0.1, 0.15) is 5.56 Å². The lowest BCUT2D eigenvalue weighted by Crippen LogP contribution is -1.97. The molecule has 0 amide bonds. The second kappa shape index (κ2) is 5.31. The molecule has 0 atom stereocenters. The molecule has 0 saturated heterocycles. The zero-order chi connectivity index (χ0) is 15.1. The van der Waals surface area contributed by atoms with Crippen LogP contribution >= 0.6 is 27.5 Å². The number of aryl methyl sites for hydroxylation is 1. The summed E-state index contributed by atoms with van der Waals surface area (Å²) in [7, 11) is 0. The molecule has 3 rings (SSSR count). The molecule has 21 heavy (non-hydrogen) atoms. The summed E-state index contributed by atoms with van der Waals surface area (Å²) < 4.78 is 28.7. The second-order valence-electron chi connectivity index (χ2n) is 4.53. The van der Waals surface area contributed by atoms with E-state index in [4.69, 9.17) is 11.6 Å². The van der Waals surface area contributed by atoms with Crippen molar-refractivity contribution in [2.24, 2.45) is 0 Å². The first-order chi connectivity index (χ1) is 9.99. The summed E-state index contributed by atoms with van der Waals surface area (Å²) in [4.78, 5) is 8.22. The smallest absolute Gasteiger partial charge is 0.164 e. The number of rotatable bonds is 1. The summed E-state index contributed by atoms with van der Waals surface area (Å²) >= 11 is 9.39. The molecular formula is C15H8BrClF2N2. The predicted octanol–water partition coefficient (Wildman–Crippen LogP) is 5.30. The molecular weight excluding hydrogens is 362 g/mol. The number of halogens is 4. The SMILES string of the molecule is Cc1cccc(-c2nc(Cl)c3c(Br)ccc(F)c3n2)c1F. The zero-order valence-electron chi connectivity index (χ0n) is 10.8. The van der Waals surface area contributed by atoms with Crippen LogP contribution in [0.3, 0.4) is 0 Å². The van der Waals surface area contributed by atoms with Crippen LogP contribution in [-0.2, 0) is 0 Å². The Hall–Kier alpha value is -1.59. The van der Waals surface area contributed by atoms with E-state index in [2.05, 4.69) is 25.9 Å². The highest BCUT2D eigenvalue weighted by Gasteiger charge is 2.16. The first kappa shape index (κ1) is 14.4. The number of hydrogen-bond acceptors (Lipinski definition) is 2. The van der Waals surface area contributed by atoms with E-state index in [0.717, 1.165) is 0 Å². The van der Waals surface area contributed by atoms with Crippen LogP contribution in [0.4, 0.5) is 8.78 Å². The Labute approximate surface area is 132 Å².